The first-order chi connectivity index (χ1) is 14.7. The monoisotopic (exact) mass is 450 g/mol. The average Bonchev–Trinajstić information content (AvgIpc) is 2.89. The SMILES string of the molecule is CC(=O)OCC(=O)[C@@]1(O)[C@H](C)C[C@H]2[C@@H]3[C@@H](O)CC4=CC(=O)C=C[C@]4(C)[C@@]3(F)[C@@H](O)C[C@@]21C. The minimum Gasteiger partial charge on any atom is -0.458 e. The van der Waals surface area contributed by atoms with Gasteiger partial charge in [0.2, 0.25) is 5.78 Å². The van der Waals surface area contributed by atoms with E-state index in [9.17, 15) is 29.7 Å². The molecule has 32 heavy (non-hydrogen) atoms. The van der Waals surface area contributed by atoms with Gasteiger partial charge in [-0.3, -0.25) is 14.4 Å². The molecule has 0 aromatic heterocycles. The van der Waals surface area contributed by atoms with Gasteiger partial charge in [-0.25, -0.2) is 4.39 Å². The van der Waals surface area contributed by atoms with Crippen LogP contribution in [-0.2, 0) is 19.1 Å². The summed E-state index contributed by atoms with van der Waals surface area (Å²) in [7, 11) is 0. The molecule has 0 aromatic carbocycles. The number of hydrogen-bond acceptors (Lipinski definition) is 7. The van der Waals surface area contributed by atoms with Crippen LogP contribution in [0.4, 0.5) is 4.39 Å². The number of Topliss-reactive ketones (excluding diaryl/α,β-unsaturated/α-hetero) is 1. The van der Waals surface area contributed by atoms with Crippen molar-refractivity contribution in [1.29, 1.82) is 0 Å². The molecule has 4 aliphatic carbocycles. The molecular weight excluding hydrogens is 419 g/mol. The van der Waals surface area contributed by atoms with Crippen LogP contribution in [0.2, 0.25) is 0 Å². The maximum Gasteiger partial charge on any atom is 0.303 e. The summed E-state index contributed by atoms with van der Waals surface area (Å²) in [6, 6.07) is 0. The predicted octanol–water partition coefficient (Wildman–Crippen LogP) is 1.44. The van der Waals surface area contributed by atoms with Gasteiger partial charge in [0, 0.05) is 23.7 Å². The minimum atomic E-state index is -2.29. The standard InChI is InChI=1S/C24H31FO7/c1-12-7-16-20-17(28)9-14-8-15(27)5-6-21(14,3)23(20,25)18(29)10-22(16,4)24(12,31)19(30)11-32-13(2)26/h5-6,8,12,16-18,20,28-29,31H,7,9-11H2,1-4H3/t12-,16+,17+,18+,20-,21+,22+,23-,24+/m1/s1. The molecule has 0 aliphatic heterocycles. The molecule has 7 nitrogen and oxygen atoms in total. The van der Waals surface area contributed by atoms with Crippen LogP contribution in [0, 0.1) is 28.6 Å². The van der Waals surface area contributed by atoms with E-state index in [0.717, 1.165) is 6.92 Å². The molecular formula is C24H31FO7. The summed E-state index contributed by atoms with van der Waals surface area (Å²) < 4.78 is 21.9. The number of esters is 1. The van der Waals surface area contributed by atoms with Crippen molar-refractivity contribution in [3.63, 3.8) is 0 Å². The topological polar surface area (TPSA) is 121 Å². The van der Waals surface area contributed by atoms with E-state index >= 15 is 4.39 Å². The molecule has 0 bridgehead atoms. The lowest BCUT2D eigenvalue weighted by molar-refractivity contribution is -0.239. The molecule has 4 aliphatic rings. The second-order valence-electron chi connectivity index (χ2n) is 10.5. The highest BCUT2D eigenvalue weighted by molar-refractivity contribution is 6.01. The third-order valence-electron chi connectivity index (χ3n) is 9.07. The number of ketones is 2. The Hall–Kier alpha value is -1.90. The van der Waals surface area contributed by atoms with Crippen molar-refractivity contribution >= 4 is 17.5 Å². The van der Waals surface area contributed by atoms with E-state index in [2.05, 4.69) is 0 Å². The number of ether oxygens (including phenoxy) is 1. The number of alkyl halides is 1. The van der Waals surface area contributed by atoms with Crippen molar-refractivity contribution in [1.82, 2.24) is 0 Å². The first-order valence-corrected chi connectivity index (χ1v) is 11.1. The zero-order valence-corrected chi connectivity index (χ0v) is 18.8. The van der Waals surface area contributed by atoms with E-state index in [1.54, 1.807) is 20.8 Å². The molecule has 0 radical (unpaired) electrons. The number of allylic oxidation sites excluding steroid dienone is 3. The molecule has 176 valence electrons. The van der Waals surface area contributed by atoms with Crippen LogP contribution in [0.15, 0.2) is 23.8 Å². The summed E-state index contributed by atoms with van der Waals surface area (Å²) in [5.41, 5.74) is -6.34. The molecule has 0 unspecified atom stereocenters. The van der Waals surface area contributed by atoms with Gasteiger partial charge < -0.3 is 20.1 Å². The molecule has 0 saturated heterocycles. The van der Waals surface area contributed by atoms with Crippen molar-refractivity contribution < 1.29 is 38.8 Å². The highest BCUT2D eigenvalue weighted by atomic mass is 19.1. The number of carbonyl (C=O) groups excluding carboxylic acids is 3. The first-order valence-electron chi connectivity index (χ1n) is 11.1. The highest BCUT2D eigenvalue weighted by Gasteiger charge is 2.77. The number of carbonyl (C=O) groups is 3. The number of aliphatic hydroxyl groups excluding tert-OH is 2. The predicted molar refractivity (Wildman–Crippen MR) is 111 cm³/mol. The summed E-state index contributed by atoms with van der Waals surface area (Å²) in [4.78, 5) is 36.2. The number of halogens is 1. The van der Waals surface area contributed by atoms with E-state index < -0.39 is 70.4 Å². The zero-order chi connectivity index (χ0) is 23.9. The number of hydrogen-bond donors (Lipinski definition) is 3. The van der Waals surface area contributed by atoms with Crippen molar-refractivity contribution in [2.24, 2.45) is 28.6 Å². The van der Waals surface area contributed by atoms with Gasteiger partial charge in [-0.05, 0) is 50.2 Å². The quantitative estimate of drug-likeness (QED) is 0.556. The van der Waals surface area contributed by atoms with Gasteiger partial charge in [-0.2, -0.15) is 0 Å². The molecule has 3 N–H and O–H groups in total. The Labute approximate surface area is 186 Å². The lowest BCUT2D eigenvalue weighted by Gasteiger charge is -2.63. The van der Waals surface area contributed by atoms with Crippen molar-refractivity contribution in [3.05, 3.63) is 23.8 Å². The van der Waals surface area contributed by atoms with Gasteiger partial charge in [0.15, 0.2) is 18.1 Å². The third-order valence-corrected chi connectivity index (χ3v) is 9.07. The van der Waals surface area contributed by atoms with E-state index in [-0.39, 0.29) is 25.0 Å². The average molecular weight is 451 g/mol. The van der Waals surface area contributed by atoms with Crippen LogP contribution < -0.4 is 0 Å². The Balaban J connectivity index is 1.80. The Kier molecular flexibility index (Phi) is 5.12. The van der Waals surface area contributed by atoms with Crippen LogP contribution in [-0.4, -0.2) is 62.9 Å². The normalized spacial score (nSPS) is 49.6. The van der Waals surface area contributed by atoms with Gasteiger partial charge in [-0.15, -0.1) is 0 Å². The maximum absolute atomic E-state index is 17.1. The fraction of sp³-hybridized carbons (Fsp3) is 0.708. The van der Waals surface area contributed by atoms with Gasteiger partial charge in [0.1, 0.15) is 5.60 Å². The van der Waals surface area contributed by atoms with Crippen molar-refractivity contribution in [3.8, 4) is 0 Å². The first kappa shape index (κ1) is 23.3. The molecule has 0 heterocycles. The van der Waals surface area contributed by atoms with Crippen LogP contribution in [0.3, 0.4) is 0 Å². The lowest BCUT2D eigenvalue weighted by atomic mass is 9.44. The van der Waals surface area contributed by atoms with Crippen LogP contribution in [0.5, 0.6) is 0 Å². The largest absolute Gasteiger partial charge is 0.458 e. The molecule has 0 amide bonds. The fourth-order valence-corrected chi connectivity index (χ4v) is 7.41. The zero-order valence-electron chi connectivity index (χ0n) is 18.8. The third kappa shape index (κ3) is 2.66. The number of rotatable bonds is 3. The Morgan fingerprint density at radius 2 is 1.94 bits per heavy atom. The summed E-state index contributed by atoms with van der Waals surface area (Å²) in [5.74, 6) is -3.92. The second-order valence-corrected chi connectivity index (χ2v) is 10.5. The van der Waals surface area contributed by atoms with Crippen LogP contribution >= 0.6 is 0 Å². The lowest BCUT2D eigenvalue weighted by Crippen LogP contribution is -2.72. The summed E-state index contributed by atoms with van der Waals surface area (Å²) in [5, 5.41) is 34.0. The molecule has 0 aromatic rings. The summed E-state index contributed by atoms with van der Waals surface area (Å²) in [6.45, 7) is 5.51. The Bertz CT molecular complexity index is 943. The van der Waals surface area contributed by atoms with E-state index in [0.29, 0.717) is 5.57 Å². The van der Waals surface area contributed by atoms with Gasteiger partial charge in [0.05, 0.1) is 12.2 Å². The van der Waals surface area contributed by atoms with Gasteiger partial charge in [0.25, 0.3) is 0 Å². The Morgan fingerprint density at radius 3 is 2.56 bits per heavy atom. The molecule has 4 rings (SSSR count). The Morgan fingerprint density at radius 1 is 1.28 bits per heavy atom. The smallest absolute Gasteiger partial charge is 0.303 e. The molecule has 3 fully saturated rings. The van der Waals surface area contributed by atoms with E-state index in [4.69, 9.17) is 4.74 Å². The molecule has 9 atom stereocenters. The minimum absolute atomic E-state index is 0.0659. The number of aliphatic hydroxyl groups is 3. The van der Waals surface area contributed by atoms with E-state index in [1.807, 2.05) is 0 Å². The summed E-state index contributed by atoms with van der Waals surface area (Å²) >= 11 is 0. The second kappa shape index (κ2) is 7.05. The van der Waals surface area contributed by atoms with Gasteiger partial charge >= 0.3 is 5.97 Å². The molecule has 3 saturated carbocycles. The van der Waals surface area contributed by atoms with Crippen molar-refractivity contribution in [2.45, 2.75) is 70.4 Å². The van der Waals surface area contributed by atoms with Gasteiger partial charge in [-0.1, -0.05) is 25.5 Å². The van der Waals surface area contributed by atoms with E-state index in [1.165, 1.54) is 18.2 Å². The highest BCUT2D eigenvalue weighted by Crippen LogP contribution is 2.70. The maximum atomic E-state index is 17.1. The van der Waals surface area contributed by atoms with Crippen molar-refractivity contribution in [2.75, 3.05) is 6.61 Å². The number of fused-ring (bicyclic) bond motifs is 5. The molecule has 0 spiro atoms. The molecule has 8 heteroatoms. The summed E-state index contributed by atoms with van der Waals surface area (Å²) in [6.07, 6.45) is 1.41. The van der Waals surface area contributed by atoms with Crippen LogP contribution in [0.25, 0.3) is 0 Å². The van der Waals surface area contributed by atoms with Crippen LogP contribution in [0.1, 0.15) is 47.0 Å². The fourth-order valence-electron chi connectivity index (χ4n) is 7.41.